The zero-order valence-electron chi connectivity index (χ0n) is 8.12. The van der Waals surface area contributed by atoms with Gasteiger partial charge in [0.1, 0.15) is 0 Å². The normalized spacial score (nSPS) is 13.9. The van der Waals surface area contributed by atoms with Crippen LogP contribution in [0.1, 0.15) is 0 Å². The third-order valence-corrected chi connectivity index (χ3v) is 4.29. The summed E-state index contributed by atoms with van der Waals surface area (Å²) >= 11 is -0.629. The van der Waals surface area contributed by atoms with Gasteiger partial charge in [0, 0.05) is 0 Å². The Hall–Kier alpha value is -0.511. The first kappa shape index (κ1) is 12.6. The number of rotatable bonds is 4. The average Bonchev–Trinajstić information content (AvgIpc) is 2.17. The molecular weight excluding hydrogens is 272 g/mol. The van der Waals surface area contributed by atoms with E-state index in [1.165, 1.54) is 7.11 Å². The van der Waals surface area contributed by atoms with Crippen LogP contribution < -0.4 is 4.46 Å². The van der Waals surface area contributed by atoms with Crippen molar-refractivity contribution in [1.29, 1.82) is 0 Å². The number of hydrogen-bond acceptors (Lipinski definition) is 1. The van der Waals surface area contributed by atoms with Gasteiger partial charge in [-0.25, -0.2) is 0 Å². The van der Waals surface area contributed by atoms with E-state index in [9.17, 15) is 13.2 Å². The fourth-order valence-electron chi connectivity index (χ4n) is 1.01. The summed E-state index contributed by atoms with van der Waals surface area (Å²) in [5.41, 5.74) is 0. The van der Waals surface area contributed by atoms with Crippen molar-refractivity contribution in [1.82, 2.24) is 0 Å². The molecule has 0 radical (unpaired) electrons. The van der Waals surface area contributed by atoms with E-state index in [0.717, 1.165) is 4.46 Å². The van der Waals surface area contributed by atoms with Crippen molar-refractivity contribution < 1.29 is 17.9 Å². The average molecular weight is 283 g/mol. The molecule has 0 aliphatic carbocycles. The van der Waals surface area contributed by atoms with Gasteiger partial charge in [0.2, 0.25) is 0 Å². The number of benzene rings is 1. The molecule has 0 saturated carbocycles. The molecule has 1 atom stereocenters. The van der Waals surface area contributed by atoms with E-state index in [0.29, 0.717) is 0 Å². The Balaban J connectivity index is 2.67. The molecule has 5 heteroatoms. The summed E-state index contributed by atoms with van der Waals surface area (Å²) in [6.45, 7) is -0.265. The molecule has 1 nitrogen and oxygen atoms in total. The summed E-state index contributed by atoms with van der Waals surface area (Å²) in [6, 6.07) is 8.72. The van der Waals surface area contributed by atoms with E-state index in [1.54, 1.807) is 30.3 Å². The predicted molar refractivity (Wildman–Crippen MR) is 53.5 cm³/mol. The van der Waals surface area contributed by atoms with Crippen molar-refractivity contribution in [3.05, 3.63) is 30.3 Å². The molecule has 0 heterocycles. The number of methoxy groups -OCH3 is 1. The Bertz CT molecular complexity index is 286. The van der Waals surface area contributed by atoms with Gasteiger partial charge < -0.3 is 0 Å². The van der Waals surface area contributed by atoms with Gasteiger partial charge >= 0.3 is 92.4 Å². The molecule has 0 fully saturated rings. The standard InChI is InChI=1S/C10H11F3OSe/c1-14-7-9(10(11,12)13)15-8-5-3-2-4-6-8/h2-6,9H,7H2,1H3. The van der Waals surface area contributed by atoms with Crippen LogP contribution in [0.25, 0.3) is 0 Å². The van der Waals surface area contributed by atoms with Gasteiger partial charge in [0.15, 0.2) is 0 Å². The summed E-state index contributed by atoms with van der Waals surface area (Å²) in [5, 5.41) is 0. The molecule has 1 aromatic carbocycles. The number of alkyl halides is 3. The van der Waals surface area contributed by atoms with Gasteiger partial charge in [-0.05, 0) is 0 Å². The molecule has 84 valence electrons. The minimum atomic E-state index is -4.17. The third kappa shape index (κ3) is 4.24. The fraction of sp³-hybridized carbons (Fsp3) is 0.400. The molecule has 0 bridgehead atoms. The van der Waals surface area contributed by atoms with Crippen molar-refractivity contribution in [3.8, 4) is 0 Å². The van der Waals surface area contributed by atoms with Crippen LogP contribution in [0.3, 0.4) is 0 Å². The molecule has 0 saturated heterocycles. The molecule has 1 unspecified atom stereocenters. The van der Waals surface area contributed by atoms with Gasteiger partial charge in [0.05, 0.1) is 0 Å². The molecule has 0 N–H and O–H groups in total. The second-order valence-corrected chi connectivity index (χ2v) is 5.59. The van der Waals surface area contributed by atoms with Crippen molar-refractivity contribution >= 4 is 19.4 Å². The van der Waals surface area contributed by atoms with Crippen LogP contribution in [0.4, 0.5) is 13.2 Å². The summed E-state index contributed by atoms with van der Waals surface area (Å²) in [7, 11) is 1.29. The van der Waals surface area contributed by atoms with Gasteiger partial charge in [0.25, 0.3) is 0 Å². The van der Waals surface area contributed by atoms with Crippen LogP contribution >= 0.6 is 0 Å². The van der Waals surface area contributed by atoms with Crippen LogP contribution in [0.5, 0.6) is 0 Å². The maximum atomic E-state index is 12.5. The first-order valence-corrected chi connectivity index (χ1v) is 6.16. The van der Waals surface area contributed by atoms with E-state index >= 15 is 0 Å². The van der Waals surface area contributed by atoms with Crippen LogP contribution in [0.15, 0.2) is 30.3 Å². The molecular formula is C10H11F3OSe. The van der Waals surface area contributed by atoms with E-state index in [1.807, 2.05) is 0 Å². The quantitative estimate of drug-likeness (QED) is 0.768. The van der Waals surface area contributed by atoms with Crippen molar-refractivity contribution in [2.45, 2.75) is 11.0 Å². The van der Waals surface area contributed by atoms with E-state index in [-0.39, 0.29) is 6.61 Å². The number of hydrogen-bond donors (Lipinski definition) is 0. The molecule has 1 aromatic rings. The van der Waals surface area contributed by atoms with Crippen molar-refractivity contribution in [2.75, 3.05) is 13.7 Å². The zero-order valence-corrected chi connectivity index (χ0v) is 9.83. The monoisotopic (exact) mass is 284 g/mol. The van der Waals surface area contributed by atoms with Gasteiger partial charge in [-0.15, -0.1) is 0 Å². The molecule has 0 spiro atoms. The first-order chi connectivity index (χ1) is 7.04. The van der Waals surface area contributed by atoms with Crippen LogP contribution in [0.2, 0.25) is 4.82 Å². The number of ether oxygens (including phenoxy) is 1. The Morgan fingerprint density at radius 3 is 2.33 bits per heavy atom. The summed E-state index contributed by atoms with van der Waals surface area (Å²) < 4.78 is 42.9. The van der Waals surface area contributed by atoms with E-state index in [4.69, 9.17) is 0 Å². The third-order valence-electron chi connectivity index (χ3n) is 1.70. The van der Waals surface area contributed by atoms with Crippen LogP contribution in [0, 0.1) is 0 Å². The molecule has 0 amide bonds. The van der Waals surface area contributed by atoms with Crippen LogP contribution in [-0.2, 0) is 4.74 Å². The zero-order chi connectivity index (χ0) is 11.3. The second kappa shape index (κ2) is 5.54. The summed E-state index contributed by atoms with van der Waals surface area (Å²) in [6.07, 6.45) is -4.17. The molecule has 0 aliphatic rings. The predicted octanol–water partition coefficient (Wildman–Crippen LogP) is 2.01. The van der Waals surface area contributed by atoms with Crippen molar-refractivity contribution in [2.24, 2.45) is 0 Å². The van der Waals surface area contributed by atoms with Gasteiger partial charge in [-0.1, -0.05) is 0 Å². The second-order valence-electron chi connectivity index (χ2n) is 2.92. The maximum absolute atomic E-state index is 12.5. The fourth-order valence-corrected chi connectivity index (χ4v) is 3.07. The Labute approximate surface area is 92.8 Å². The Kier molecular flexibility index (Phi) is 4.64. The first-order valence-electron chi connectivity index (χ1n) is 4.31. The molecule has 0 aromatic heterocycles. The number of halogens is 3. The van der Waals surface area contributed by atoms with Crippen molar-refractivity contribution in [3.63, 3.8) is 0 Å². The van der Waals surface area contributed by atoms with E-state index in [2.05, 4.69) is 4.74 Å². The molecule has 0 aliphatic heterocycles. The minimum absolute atomic E-state index is 0.265. The SMILES string of the molecule is COCC([Se]c1ccccc1)C(F)(F)F. The Morgan fingerprint density at radius 2 is 1.87 bits per heavy atom. The topological polar surface area (TPSA) is 9.23 Å². The Morgan fingerprint density at radius 1 is 1.27 bits per heavy atom. The summed E-state index contributed by atoms with van der Waals surface area (Å²) in [4.78, 5) is -1.36. The van der Waals surface area contributed by atoms with Crippen LogP contribution in [-0.4, -0.2) is 34.8 Å². The van der Waals surface area contributed by atoms with Gasteiger partial charge in [-0.3, -0.25) is 0 Å². The van der Waals surface area contributed by atoms with E-state index < -0.39 is 25.9 Å². The molecule has 1 rings (SSSR count). The van der Waals surface area contributed by atoms with Gasteiger partial charge in [-0.2, -0.15) is 0 Å². The molecule has 15 heavy (non-hydrogen) atoms. The summed E-state index contributed by atoms with van der Waals surface area (Å²) in [5.74, 6) is 0.